The van der Waals surface area contributed by atoms with Gasteiger partial charge in [0.2, 0.25) is 0 Å². The Morgan fingerprint density at radius 2 is 2.07 bits per heavy atom. The molecule has 0 unspecified atom stereocenters. The molecule has 1 N–H and O–H groups in total. The molecule has 2 aromatic carbocycles. The summed E-state index contributed by atoms with van der Waals surface area (Å²) in [5.74, 6) is 0.430. The molecule has 1 aromatic heterocycles. The number of nitrogens with one attached hydrogen (secondary N) is 1. The Kier molecular flexibility index (Phi) is 4.58. The van der Waals surface area contributed by atoms with Gasteiger partial charge < -0.3 is 14.8 Å². The molecule has 1 aliphatic rings. The summed E-state index contributed by atoms with van der Waals surface area (Å²) < 4.78 is 15.4. The van der Waals surface area contributed by atoms with E-state index in [0.29, 0.717) is 24.6 Å². The average molecular weight is 365 g/mol. The standard InChI is InChI=1S/C20H20FN5O/c1-2-25-13-22-24-19(25)17-5-3-4-6-18(17)23-20(27)26-10-9-14-7-8-16(21)11-15(14)12-26/h3-8,11,13H,2,9-10,12H2,1H3,(H,23,27). The number of hydrogen-bond acceptors (Lipinski definition) is 3. The van der Waals surface area contributed by atoms with Gasteiger partial charge in [-0.2, -0.15) is 0 Å². The van der Waals surface area contributed by atoms with Gasteiger partial charge in [-0.3, -0.25) is 0 Å². The van der Waals surface area contributed by atoms with Gasteiger partial charge in [-0.15, -0.1) is 10.2 Å². The zero-order chi connectivity index (χ0) is 18.8. The smallest absolute Gasteiger partial charge is 0.320 e. The average Bonchev–Trinajstić information content (AvgIpc) is 3.16. The maximum atomic E-state index is 13.5. The van der Waals surface area contributed by atoms with Crippen molar-refractivity contribution in [1.82, 2.24) is 19.7 Å². The Labute approximate surface area is 156 Å². The van der Waals surface area contributed by atoms with Crippen molar-refractivity contribution in [2.75, 3.05) is 11.9 Å². The Morgan fingerprint density at radius 1 is 1.22 bits per heavy atom. The van der Waals surface area contributed by atoms with Crippen LogP contribution < -0.4 is 5.32 Å². The first-order valence-electron chi connectivity index (χ1n) is 8.96. The van der Waals surface area contributed by atoms with E-state index >= 15 is 0 Å². The van der Waals surface area contributed by atoms with Gasteiger partial charge >= 0.3 is 6.03 Å². The third-order valence-corrected chi connectivity index (χ3v) is 4.83. The van der Waals surface area contributed by atoms with Gasteiger partial charge in [-0.05, 0) is 48.7 Å². The quantitative estimate of drug-likeness (QED) is 0.770. The molecular weight excluding hydrogens is 345 g/mol. The number of fused-ring (bicyclic) bond motifs is 1. The second-order valence-electron chi connectivity index (χ2n) is 6.50. The van der Waals surface area contributed by atoms with E-state index in [1.54, 1.807) is 17.3 Å². The first-order valence-corrected chi connectivity index (χ1v) is 8.96. The summed E-state index contributed by atoms with van der Waals surface area (Å²) in [7, 11) is 0. The van der Waals surface area contributed by atoms with Crippen LogP contribution in [0.25, 0.3) is 11.4 Å². The molecular formula is C20H20FN5O. The Hall–Kier alpha value is -3.22. The summed E-state index contributed by atoms with van der Waals surface area (Å²) in [6.45, 7) is 3.74. The molecule has 0 radical (unpaired) electrons. The van der Waals surface area contributed by atoms with Crippen LogP contribution in [0.15, 0.2) is 48.8 Å². The molecule has 27 heavy (non-hydrogen) atoms. The molecule has 3 aromatic rings. The van der Waals surface area contributed by atoms with E-state index in [1.807, 2.05) is 35.8 Å². The Balaban J connectivity index is 1.56. The number of amides is 2. The summed E-state index contributed by atoms with van der Waals surface area (Å²) in [4.78, 5) is 14.5. The van der Waals surface area contributed by atoms with Crippen LogP contribution in [0, 0.1) is 5.82 Å². The molecule has 0 fully saturated rings. The molecule has 1 aliphatic heterocycles. The van der Waals surface area contributed by atoms with Crippen LogP contribution >= 0.6 is 0 Å². The molecule has 2 amide bonds. The van der Waals surface area contributed by atoms with Crippen molar-refractivity contribution in [2.24, 2.45) is 0 Å². The van der Waals surface area contributed by atoms with Gasteiger partial charge in [0, 0.05) is 25.2 Å². The van der Waals surface area contributed by atoms with E-state index in [-0.39, 0.29) is 11.8 Å². The molecule has 6 nitrogen and oxygen atoms in total. The second-order valence-corrected chi connectivity index (χ2v) is 6.50. The van der Waals surface area contributed by atoms with Crippen LogP contribution in [0.2, 0.25) is 0 Å². The number of aryl methyl sites for hydroxylation is 1. The number of carbonyl (C=O) groups excluding carboxylic acids is 1. The summed E-state index contributed by atoms with van der Waals surface area (Å²) in [5.41, 5.74) is 3.44. The maximum absolute atomic E-state index is 13.5. The molecule has 0 atom stereocenters. The molecule has 0 bridgehead atoms. The van der Waals surface area contributed by atoms with Crippen LogP contribution in [0.4, 0.5) is 14.9 Å². The molecule has 0 aliphatic carbocycles. The van der Waals surface area contributed by atoms with E-state index in [1.165, 1.54) is 12.1 Å². The number of nitrogens with zero attached hydrogens (tertiary/aromatic N) is 4. The van der Waals surface area contributed by atoms with E-state index in [2.05, 4.69) is 15.5 Å². The minimum absolute atomic E-state index is 0.208. The van der Waals surface area contributed by atoms with Gasteiger partial charge in [0.25, 0.3) is 0 Å². The lowest BCUT2D eigenvalue weighted by Crippen LogP contribution is -2.39. The number of halogens is 1. The molecule has 2 heterocycles. The zero-order valence-electron chi connectivity index (χ0n) is 15.0. The minimum Gasteiger partial charge on any atom is -0.320 e. The molecule has 0 saturated carbocycles. The van der Waals surface area contributed by atoms with E-state index in [0.717, 1.165) is 29.7 Å². The fraction of sp³-hybridized carbons (Fsp3) is 0.250. The lowest BCUT2D eigenvalue weighted by molar-refractivity contribution is 0.206. The highest BCUT2D eigenvalue weighted by molar-refractivity contribution is 5.93. The van der Waals surface area contributed by atoms with Crippen molar-refractivity contribution in [3.05, 3.63) is 65.7 Å². The molecule has 7 heteroatoms. The largest absolute Gasteiger partial charge is 0.322 e. The number of para-hydroxylation sites is 1. The van der Waals surface area contributed by atoms with Gasteiger partial charge in [0.15, 0.2) is 5.82 Å². The lowest BCUT2D eigenvalue weighted by Gasteiger charge is -2.29. The summed E-state index contributed by atoms with van der Waals surface area (Å²) in [6, 6.07) is 12.1. The number of urea groups is 1. The second kappa shape index (κ2) is 7.19. The SMILES string of the molecule is CCn1cnnc1-c1ccccc1NC(=O)N1CCc2ccc(F)cc2C1. The third-order valence-electron chi connectivity index (χ3n) is 4.83. The van der Waals surface area contributed by atoms with Crippen LogP contribution in [-0.2, 0) is 19.5 Å². The van der Waals surface area contributed by atoms with Crippen molar-refractivity contribution in [3.8, 4) is 11.4 Å². The predicted molar refractivity (Wildman–Crippen MR) is 101 cm³/mol. The molecule has 138 valence electrons. The normalized spacial score (nSPS) is 13.3. The summed E-state index contributed by atoms with van der Waals surface area (Å²) >= 11 is 0. The lowest BCUT2D eigenvalue weighted by atomic mass is 10.00. The minimum atomic E-state index is -0.278. The molecule has 4 rings (SSSR count). The Morgan fingerprint density at radius 3 is 2.93 bits per heavy atom. The first-order chi connectivity index (χ1) is 13.2. The van der Waals surface area contributed by atoms with Crippen molar-refractivity contribution in [3.63, 3.8) is 0 Å². The fourth-order valence-corrected chi connectivity index (χ4v) is 3.38. The van der Waals surface area contributed by atoms with Crippen molar-refractivity contribution in [1.29, 1.82) is 0 Å². The molecule has 0 saturated heterocycles. The fourth-order valence-electron chi connectivity index (χ4n) is 3.38. The highest BCUT2D eigenvalue weighted by Crippen LogP contribution is 2.27. The van der Waals surface area contributed by atoms with Gasteiger partial charge in [-0.25, -0.2) is 9.18 Å². The van der Waals surface area contributed by atoms with Crippen LogP contribution in [-0.4, -0.2) is 32.2 Å². The zero-order valence-corrected chi connectivity index (χ0v) is 15.0. The van der Waals surface area contributed by atoms with E-state index < -0.39 is 0 Å². The van der Waals surface area contributed by atoms with Crippen molar-refractivity contribution in [2.45, 2.75) is 26.4 Å². The maximum Gasteiger partial charge on any atom is 0.322 e. The van der Waals surface area contributed by atoms with Crippen molar-refractivity contribution < 1.29 is 9.18 Å². The number of rotatable bonds is 3. The highest BCUT2D eigenvalue weighted by Gasteiger charge is 2.22. The first kappa shape index (κ1) is 17.2. The third kappa shape index (κ3) is 3.40. The number of benzene rings is 2. The monoisotopic (exact) mass is 365 g/mol. The summed E-state index contributed by atoms with van der Waals surface area (Å²) in [6.07, 6.45) is 2.39. The van der Waals surface area contributed by atoms with Gasteiger partial charge in [-0.1, -0.05) is 18.2 Å². The van der Waals surface area contributed by atoms with E-state index in [9.17, 15) is 9.18 Å². The highest BCUT2D eigenvalue weighted by atomic mass is 19.1. The van der Waals surface area contributed by atoms with Gasteiger partial charge in [0.1, 0.15) is 12.1 Å². The van der Waals surface area contributed by atoms with Crippen LogP contribution in [0.1, 0.15) is 18.1 Å². The van der Waals surface area contributed by atoms with Gasteiger partial charge in [0.05, 0.1) is 5.69 Å². The van der Waals surface area contributed by atoms with E-state index in [4.69, 9.17) is 0 Å². The van der Waals surface area contributed by atoms with Crippen molar-refractivity contribution >= 4 is 11.7 Å². The topological polar surface area (TPSA) is 63.1 Å². The number of anilines is 1. The number of aromatic nitrogens is 3. The summed E-state index contributed by atoms with van der Waals surface area (Å²) in [5, 5.41) is 11.1. The van der Waals surface area contributed by atoms with Crippen LogP contribution in [0.3, 0.4) is 0 Å². The Bertz CT molecular complexity index is 984. The predicted octanol–water partition coefficient (Wildman–Crippen LogP) is 3.69. The van der Waals surface area contributed by atoms with Crippen LogP contribution in [0.5, 0.6) is 0 Å². The number of carbonyl (C=O) groups is 1. The number of hydrogen-bond donors (Lipinski definition) is 1. The molecule has 0 spiro atoms.